The Kier molecular flexibility index (Phi) is 3.28. The van der Waals surface area contributed by atoms with Crippen LogP contribution in [-0.4, -0.2) is 9.78 Å². The van der Waals surface area contributed by atoms with E-state index in [0.717, 1.165) is 6.20 Å². The second kappa shape index (κ2) is 5.13. The number of nitrogens with zero attached hydrogens (tertiary/aromatic N) is 4. The first-order valence-electron chi connectivity index (χ1n) is 6.17. The van der Waals surface area contributed by atoms with Crippen LogP contribution in [0.15, 0.2) is 37.3 Å². The van der Waals surface area contributed by atoms with Crippen molar-refractivity contribution in [3.63, 3.8) is 0 Å². The zero-order valence-corrected chi connectivity index (χ0v) is 11.9. The summed E-state index contributed by atoms with van der Waals surface area (Å²) in [7, 11) is 0. The van der Waals surface area contributed by atoms with Crippen LogP contribution in [0.4, 0.5) is 4.39 Å². The Hall–Kier alpha value is -2.91. The van der Waals surface area contributed by atoms with Gasteiger partial charge in [0.25, 0.3) is 0 Å². The normalized spacial score (nSPS) is 10.6. The molecule has 0 fully saturated rings. The fraction of sp³-hybridized carbons (Fsp3) is 0. The van der Waals surface area contributed by atoms with Gasteiger partial charge in [0.05, 0.1) is 16.0 Å². The lowest BCUT2D eigenvalue weighted by Gasteiger charge is -2.07. The first-order valence-corrected chi connectivity index (χ1v) is 6.55. The quantitative estimate of drug-likeness (QED) is 0.539. The van der Waals surface area contributed by atoms with Gasteiger partial charge >= 0.3 is 0 Å². The van der Waals surface area contributed by atoms with E-state index < -0.39 is 5.82 Å². The number of rotatable bonds is 2. The number of hydrogen-bond donors (Lipinski definition) is 0. The summed E-state index contributed by atoms with van der Waals surface area (Å²) in [6.45, 7) is 3.63. The van der Waals surface area contributed by atoms with Gasteiger partial charge in [0.1, 0.15) is 17.3 Å². The van der Waals surface area contributed by atoms with Crippen molar-refractivity contribution in [2.45, 2.75) is 0 Å². The van der Waals surface area contributed by atoms with E-state index in [0.29, 0.717) is 21.4 Å². The largest absolute Gasteiger partial charge is 0.619 e. The molecule has 0 radical (unpaired) electrons. The number of benzene rings is 1. The first kappa shape index (κ1) is 14.0. The summed E-state index contributed by atoms with van der Waals surface area (Å²) >= 11 is 6.20. The van der Waals surface area contributed by atoms with Gasteiger partial charge in [-0.15, -0.1) is 0 Å². The first-order chi connectivity index (χ1) is 10.5. The fourth-order valence-corrected chi connectivity index (χ4v) is 2.50. The Labute approximate surface area is 129 Å². The molecule has 5 nitrogen and oxygen atoms in total. The molecule has 2 heterocycles. The summed E-state index contributed by atoms with van der Waals surface area (Å²) in [5.41, 5.74) is 1.30. The standard InChI is InChI=1S/C15H8ClFN4O/c1-2-9-3-10(5-18)15(12(16)4-9)21-7-11-6-20(22)8-13(17)14(11)19-21/h2-4,6-8H,1H2. The molecular formula is C15H8ClFN4O. The second-order valence-corrected chi connectivity index (χ2v) is 4.97. The van der Waals surface area contributed by atoms with E-state index in [-0.39, 0.29) is 16.1 Å². The third-order valence-electron chi connectivity index (χ3n) is 3.15. The average molecular weight is 315 g/mol. The Morgan fingerprint density at radius 2 is 2.23 bits per heavy atom. The van der Waals surface area contributed by atoms with Crippen LogP contribution in [0.25, 0.3) is 22.7 Å². The van der Waals surface area contributed by atoms with E-state index in [2.05, 4.69) is 11.7 Å². The predicted octanol–water partition coefficient (Wildman–Crippen LogP) is 2.97. The molecular weight excluding hydrogens is 307 g/mol. The highest BCUT2D eigenvalue weighted by Crippen LogP contribution is 2.28. The third kappa shape index (κ3) is 2.18. The molecule has 0 unspecified atom stereocenters. The highest BCUT2D eigenvalue weighted by Gasteiger charge is 2.16. The lowest BCUT2D eigenvalue weighted by Crippen LogP contribution is -2.24. The van der Waals surface area contributed by atoms with Crippen molar-refractivity contribution in [3.05, 3.63) is 64.5 Å². The number of halogens is 2. The van der Waals surface area contributed by atoms with E-state index in [9.17, 15) is 14.9 Å². The summed E-state index contributed by atoms with van der Waals surface area (Å²) in [4.78, 5) is 0. The zero-order valence-electron chi connectivity index (χ0n) is 11.1. The predicted molar refractivity (Wildman–Crippen MR) is 79.8 cm³/mol. The molecule has 108 valence electrons. The molecule has 1 aromatic carbocycles. The summed E-state index contributed by atoms with van der Waals surface area (Å²) in [6, 6.07) is 5.25. The van der Waals surface area contributed by atoms with Crippen molar-refractivity contribution in [3.8, 4) is 11.8 Å². The van der Waals surface area contributed by atoms with Gasteiger partial charge in [0.15, 0.2) is 6.20 Å². The van der Waals surface area contributed by atoms with Crippen molar-refractivity contribution in [2.75, 3.05) is 0 Å². The Morgan fingerprint density at radius 3 is 2.91 bits per heavy atom. The third-order valence-corrected chi connectivity index (χ3v) is 3.43. The van der Waals surface area contributed by atoms with E-state index in [1.54, 1.807) is 18.2 Å². The van der Waals surface area contributed by atoms with Crippen LogP contribution < -0.4 is 4.73 Å². The summed E-state index contributed by atoms with van der Waals surface area (Å²) in [5, 5.41) is 25.2. The molecule has 0 amide bonds. The second-order valence-electron chi connectivity index (χ2n) is 4.56. The fourth-order valence-electron chi connectivity index (χ4n) is 2.19. The molecule has 22 heavy (non-hydrogen) atoms. The number of nitriles is 1. The molecule has 3 aromatic rings. The highest BCUT2D eigenvalue weighted by molar-refractivity contribution is 6.32. The molecule has 2 aromatic heterocycles. The van der Waals surface area contributed by atoms with Crippen molar-refractivity contribution in [1.82, 2.24) is 9.78 Å². The number of hydrogen-bond acceptors (Lipinski definition) is 3. The summed E-state index contributed by atoms with van der Waals surface area (Å²) in [5.74, 6) is -0.747. The van der Waals surface area contributed by atoms with Crippen LogP contribution in [0, 0.1) is 22.4 Å². The van der Waals surface area contributed by atoms with Crippen molar-refractivity contribution < 1.29 is 9.12 Å². The van der Waals surface area contributed by atoms with Crippen LogP contribution >= 0.6 is 11.6 Å². The van der Waals surface area contributed by atoms with Gasteiger partial charge in [-0.3, -0.25) is 0 Å². The van der Waals surface area contributed by atoms with Crippen molar-refractivity contribution in [2.24, 2.45) is 0 Å². The molecule has 7 heteroatoms. The van der Waals surface area contributed by atoms with E-state index >= 15 is 0 Å². The van der Waals surface area contributed by atoms with Crippen LogP contribution in [0.5, 0.6) is 0 Å². The van der Waals surface area contributed by atoms with Gasteiger partial charge in [-0.2, -0.15) is 19.5 Å². The van der Waals surface area contributed by atoms with E-state index in [1.807, 2.05) is 6.07 Å². The Morgan fingerprint density at radius 1 is 1.45 bits per heavy atom. The summed E-state index contributed by atoms with van der Waals surface area (Å²) in [6.07, 6.45) is 4.99. The van der Waals surface area contributed by atoms with Gasteiger partial charge in [0, 0.05) is 6.20 Å². The number of aromatic nitrogens is 3. The minimum atomic E-state index is -0.747. The smallest absolute Gasteiger partial charge is 0.218 e. The van der Waals surface area contributed by atoms with Crippen LogP contribution in [-0.2, 0) is 0 Å². The van der Waals surface area contributed by atoms with Crippen LogP contribution in [0.2, 0.25) is 5.02 Å². The van der Waals surface area contributed by atoms with Gasteiger partial charge in [-0.1, -0.05) is 24.3 Å². The van der Waals surface area contributed by atoms with Gasteiger partial charge in [0.2, 0.25) is 12.0 Å². The molecule has 0 bridgehead atoms. The van der Waals surface area contributed by atoms with E-state index in [4.69, 9.17) is 11.6 Å². The minimum absolute atomic E-state index is 0.0276. The molecule has 3 rings (SSSR count). The Balaban J connectivity index is 2.30. The molecule has 0 aliphatic rings. The molecule has 0 saturated heterocycles. The highest BCUT2D eigenvalue weighted by atomic mass is 35.5. The Bertz CT molecular complexity index is 958. The minimum Gasteiger partial charge on any atom is -0.619 e. The van der Waals surface area contributed by atoms with E-state index in [1.165, 1.54) is 17.1 Å². The van der Waals surface area contributed by atoms with Gasteiger partial charge in [-0.25, -0.2) is 4.68 Å². The average Bonchev–Trinajstić information content (AvgIpc) is 2.89. The number of fused-ring (bicyclic) bond motifs is 1. The lowest BCUT2D eigenvalue weighted by atomic mass is 10.1. The lowest BCUT2D eigenvalue weighted by molar-refractivity contribution is -0.605. The molecule has 0 aliphatic carbocycles. The summed E-state index contributed by atoms with van der Waals surface area (Å²) < 4.78 is 15.4. The number of pyridine rings is 1. The monoisotopic (exact) mass is 314 g/mol. The van der Waals surface area contributed by atoms with Crippen molar-refractivity contribution in [1.29, 1.82) is 5.26 Å². The van der Waals surface area contributed by atoms with Crippen LogP contribution in [0.1, 0.15) is 11.1 Å². The zero-order chi connectivity index (χ0) is 15.9. The van der Waals surface area contributed by atoms with Crippen molar-refractivity contribution >= 4 is 28.6 Å². The maximum Gasteiger partial charge on any atom is 0.218 e. The SMILES string of the molecule is C=Cc1cc(Cl)c(-n2cc3c[n+]([O-])cc(F)c3n2)c(C#N)c1. The molecule has 0 N–H and O–H groups in total. The maximum absolute atomic E-state index is 13.8. The van der Waals surface area contributed by atoms with Gasteiger partial charge in [-0.05, 0) is 17.7 Å². The molecule has 0 saturated carbocycles. The van der Waals surface area contributed by atoms with Crippen LogP contribution in [0.3, 0.4) is 0 Å². The molecule has 0 atom stereocenters. The topological polar surface area (TPSA) is 68.5 Å². The van der Waals surface area contributed by atoms with Gasteiger partial charge < -0.3 is 5.21 Å². The molecule has 0 aliphatic heterocycles. The molecule has 0 spiro atoms. The maximum atomic E-state index is 13.8.